The van der Waals surface area contributed by atoms with Crippen molar-refractivity contribution in [3.63, 3.8) is 0 Å². The average Bonchev–Trinajstić information content (AvgIpc) is 2.43. The van der Waals surface area contributed by atoms with Gasteiger partial charge in [0.1, 0.15) is 0 Å². The molecule has 0 spiro atoms. The predicted molar refractivity (Wildman–Crippen MR) is 74.6 cm³/mol. The van der Waals surface area contributed by atoms with Gasteiger partial charge in [0.25, 0.3) is 5.91 Å². The Kier molecular flexibility index (Phi) is 3.88. The fourth-order valence-electron chi connectivity index (χ4n) is 1.93. The van der Waals surface area contributed by atoms with Crippen LogP contribution in [0.1, 0.15) is 21.5 Å². The van der Waals surface area contributed by atoms with E-state index in [1.165, 1.54) is 6.07 Å². The fourth-order valence-corrected chi connectivity index (χ4v) is 1.93. The minimum atomic E-state index is -1.63. The maximum Gasteiger partial charge on any atom is 0.256 e. The summed E-state index contributed by atoms with van der Waals surface area (Å²) >= 11 is 0. The third-order valence-corrected chi connectivity index (χ3v) is 3.14. The van der Waals surface area contributed by atoms with Crippen LogP contribution in [0.25, 0.3) is 0 Å². The molecule has 3 N–H and O–H groups in total. The van der Waals surface area contributed by atoms with Gasteiger partial charge in [0.15, 0.2) is 17.5 Å². The Balaban J connectivity index is 2.35. The topological polar surface area (TPSA) is 55.1 Å². The van der Waals surface area contributed by atoms with Gasteiger partial charge in [-0.15, -0.1) is 0 Å². The molecule has 0 saturated heterocycles. The smallest absolute Gasteiger partial charge is 0.256 e. The van der Waals surface area contributed by atoms with Crippen molar-refractivity contribution in [1.29, 1.82) is 0 Å². The first-order valence-electron chi connectivity index (χ1n) is 6.13. The molecule has 0 aliphatic carbocycles. The van der Waals surface area contributed by atoms with Gasteiger partial charge in [-0.05, 0) is 43.2 Å². The van der Waals surface area contributed by atoms with Crippen molar-refractivity contribution in [2.75, 3.05) is 11.1 Å². The third-order valence-electron chi connectivity index (χ3n) is 3.14. The molecule has 0 aliphatic heterocycles. The summed E-state index contributed by atoms with van der Waals surface area (Å²) < 4.78 is 39.5. The number of amides is 1. The Morgan fingerprint density at radius 3 is 2.38 bits per heavy atom. The Labute approximate surface area is 119 Å². The third kappa shape index (κ3) is 2.84. The number of nitrogens with two attached hydrogens (primary N) is 1. The van der Waals surface area contributed by atoms with Crippen LogP contribution in [0.2, 0.25) is 0 Å². The Morgan fingerprint density at radius 2 is 1.71 bits per heavy atom. The molecule has 2 rings (SSSR count). The molecule has 0 aliphatic rings. The molecule has 3 nitrogen and oxygen atoms in total. The molecule has 0 unspecified atom stereocenters. The molecule has 2 aromatic rings. The van der Waals surface area contributed by atoms with Crippen LogP contribution in [0.15, 0.2) is 24.3 Å². The standard InChI is InChI=1S/C15H13F3N2O/c1-7-5-8(2)11(19)6-9(7)15(21)20-12-4-3-10(16)13(17)14(12)18/h3-6H,19H2,1-2H3,(H,20,21). The van der Waals surface area contributed by atoms with Gasteiger partial charge in [-0.25, -0.2) is 13.2 Å². The highest BCUT2D eigenvalue weighted by atomic mass is 19.2. The van der Waals surface area contributed by atoms with Crippen LogP contribution in [0.5, 0.6) is 0 Å². The van der Waals surface area contributed by atoms with Crippen molar-refractivity contribution in [1.82, 2.24) is 0 Å². The molecule has 0 radical (unpaired) electrons. The number of nitrogen functional groups attached to an aromatic ring is 1. The summed E-state index contributed by atoms with van der Waals surface area (Å²) in [6.07, 6.45) is 0. The molecule has 0 atom stereocenters. The minimum absolute atomic E-state index is 0.238. The number of carbonyl (C=O) groups excluding carboxylic acids is 1. The van der Waals surface area contributed by atoms with Gasteiger partial charge >= 0.3 is 0 Å². The molecular weight excluding hydrogens is 281 g/mol. The summed E-state index contributed by atoms with van der Waals surface area (Å²) in [6, 6.07) is 4.87. The van der Waals surface area contributed by atoms with E-state index in [1.807, 2.05) is 0 Å². The lowest BCUT2D eigenvalue weighted by atomic mass is 10.0. The van der Waals surface area contributed by atoms with E-state index in [2.05, 4.69) is 5.32 Å². The van der Waals surface area contributed by atoms with Crippen LogP contribution in [-0.2, 0) is 0 Å². The van der Waals surface area contributed by atoms with Gasteiger partial charge in [-0.2, -0.15) is 0 Å². The predicted octanol–water partition coefficient (Wildman–Crippen LogP) is 3.56. The number of anilines is 2. The fraction of sp³-hybridized carbons (Fsp3) is 0.133. The number of benzene rings is 2. The van der Waals surface area contributed by atoms with Gasteiger partial charge in [0, 0.05) is 11.3 Å². The normalized spacial score (nSPS) is 10.5. The van der Waals surface area contributed by atoms with Gasteiger partial charge in [-0.1, -0.05) is 6.07 Å². The Morgan fingerprint density at radius 1 is 1.05 bits per heavy atom. The molecule has 110 valence electrons. The highest BCUT2D eigenvalue weighted by Gasteiger charge is 2.17. The summed E-state index contributed by atoms with van der Waals surface area (Å²) in [5.74, 6) is -5.04. The second kappa shape index (κ2) is 5.47. The second-order valence-corrected chi connectivity index (χ2v) is 4.70. The van der Waals surface area contributed by atoms with E-state index in [0.29, 0.717) is 11.3 Å². The lowest BCUT2D eigenvalue weighted by Crippen LogP contribution is -2.16. The summed E-state index contributed by atoms with van der Waals surface area (Å²) in [6.45, 7) is 3.49. The Bertz CT molecular complexity index is 729. The molecular formula is C15H13F3N2O. The Hall–Kier alpha value is -2.50. The zero-order valence-corrected chi connectivity index (χ0v) is 11.4. The number of carbonyl (C=O) groups is 1. The molecule has 0 aromatic heterocycles. The molecule has 2 aromatic carbocycles. The minimum Gasteiger partial charge on any atom is -0.398 e. The van der Waals surface area contributed by atoms with Gasteiger partial charge in [0.05, 0.1) is 5.69 Å². The first-order valence-corrected chi connectivity index (χ1v) is 6.13. The molecule has 0 fully saturated rings. The van der Waals surface area contributed by atoms with Gasteiger partial charge < -0.3 is 11.1 Å². The van der Waals surface area contributed by atoms with E-state index < -0.39 is 29.0 Å². The van der Waals surface area contributed by atoms with Crippen LogP contribution in [0.3, 0.4) is 0 Å². The number of aryl methyl sites for hydroxylation is 2. The van der Waals surface area contributed by atoms with Crippen molar-refractivity contribution in [3.8, 4) is 0 Å². The zero-order valence-electron chi connectivity index (χ0n) is 11.4. The molecule has 21 heavy (non-hydrogen) atoms. The lowest BCUT2D eigenvalue weighted by molar-refractivity contribution is 0.102. The highest BCUT2D eigenvalue weighted by molar-refractivity contribution is 6.06. The highest BCUT2D eigenvalue weighted by Crippen LogP contribution is 2.22. The summed E-state index contributed by atoms with van der Waals surface area (Å²) in [7, 11) is 0. The van der Waals surface area contributed by atoms with E-state index in [0.717, 1.165) is 17.7 Å². The summed E-state index contributed by atoms with van der Waals surface area (Å²) in [4.78, 5) is 12.1. The maximum absolute atomic E-state index is 13.5. The monoisotopic (exact) mass is 294 g/mol. The molecule has 1 amide bonds. The first kappa shape index (κ1) is 14.9. The van der Waals surface area contributed by atoms with Crippen LogP contribution in [-0.4, -0.2) is 5.91 Å². The first-order chi connectivity index (χ1) is 9.81. The van der Waals surface area contributed by atoms with Crippen LogP contribution in [0.4, 0.5) is 24.5 Å². The van der Waals surface area contributed by atoms with Gasteiger partial charge in [0.2, 0.25) is 0 Å². The SMILES string of the molecule is Cc1cc(C)c(C(=O)Nc2ccc(F)c(F)c2F)cc1N. The summed E-state index contributed by atoms with van der Waals surface area (Å²) in [5, 5.41) is 2.21. The van der Waals surface area contributed by atoms with E-state index in [-0.39, 0.29) is 5.56 Å². The number of nitrogens with one attached hydrogen (secondary N) is 1. The van der Waals surface area contributed by atoms with Crippen molar-refractivity contribution >= 4 is 17.3 Å². The van der Waals surface area contributed by atoms with Crippen LogP contribution in [0, 0.1) is 31.3 Å². The van der Waals surface area contributed by atoms with E-state index in [1.54, 1.807) is 19.9 Å². The summed E-state index contributed by atoms with van der Waals surface area (Å²) in [5.41, 5.74) is 7.40. The molecule has 0 heterocycles. The quantitative estimate of drug-likeness (QED) is 0.657. The average molecular weight is 294 g/mol. The molecule has 6 heteroatoms. The molecule has 0 bridgehead atoms. The number of hydrogen-bond acceptors (Lipinski definition) is 2. The molecule has 0 saturated carbocycles. The van der Waals surface area contributed by atoms with Crippen molar-refractivity contribution in [2.24, 2.45) is 0 Å². The number of halogens is 3. The van der Waals surface area contributed by atoms with Crippen molar-refractivity contribution < 1.29 is 18.0 Å². The van der Waals surface area contributed by atoms with Crippen LogP contribution >= 0.6 is 0 Å². The van der Waals surface area contributed by atoms with Gasteiger partial charge in [-0.3, -0.25) is 4.79 Å². The van der Waals surface area contributed by atoms with Crippen molar-refractivity contribution in [3.05, 3.63) is 58.4 Å². The lowest BCUT2D eigenvalue weighted by Gasteiger charge is -2.11. The second-order valence-electron chi connectivity index (χ2n) is 4.70. The van der Waals surface area contributed by atoms with E-state index >= 15 is 0 Å². The van der Waals surface area contributed by atoms with Crippen LogP contribution < -0.4 is 11.1 Å². The van der Waals surface area contributed by atoms with E-state index in [4.69, 9.17) is 5.73 Å². The number of hydrogen-bond donors (Lipinski definition) is 2. The number of rotatable bonds is 2. The maximum atomic E-state index is 13.5. The largest absolute Gasteiger partial charge is 0.398 e. The van der Waals surface area contributed by atoms with Crippen molar-refractivity contribution in [2.45, 2.75) is 13.8 Å². The zero-order chi connectivity index (χ0) is 15.7. The van der Waals surface area contributed by atoms with E-state index in [9.17, 15) is 18.0 Å².